The molecule has 5 heteroatoms. The highest BCUT2D eigenvalue weighted by atomic mass is 16.6. The molecular weight excluding hydrogens is 256 g/mol. The number of aliphatic hydroxyl groups excluding tert-OH is 1. The Morgan fingerprint density at radius 3 is 2.75 bits per heavy atom. The third-order valence-corrected chi connectivity index (χ3v) is 2.52. The number of carbonyl (C=O) groups excluding carboxylic acids is 1. The summed E-state index contributed by atoms with van der Waals surface area (Å²) in [7, 11) is 0. The van der Waals surface area contributed by atoms with Crippen LogP contribution in [0.25, 0.3) is 0 Å². The number of carbonyl (C=O) groups is 1. The van der Waals surface area contributed by atoms with Crippen molar-refractivity contribution in [2.45, 2.75) is 39.9 Å². The van der Waals surface area contributed by atoms with Crippen molar-refractivity contribution in [1.29, 1.82) is 0 Å². The number of aromatic nitrogens is 2. The average molecular weight is 276 g/mol. The van der Waals surface area contributed by atoms with Crippen LogP contribution in [0.1, 0.15) is 44.1 Å². The molecule has 0 amide bonds. The minimum absolute atomic E-state index is 0.0714. The fourth-order valence-electron chi connectivity index (χ4n) is 1.52. The Kier molecular flexibility index (Phi) is 6.59. The first kappa shape index (κ1) is 16.0. The average Bonchev–Trinajstić information content (AvgIpc) is 2.38. The lowest BCUT2D eigenvalue weighted by Gasteiger charge is -2.09. The lowest BCUT2D eigenvalue weighted by Crippen LogP contribution is -2.17. The van der Waals surface area contributed by atoms with Gasteiger partial charge in [-0.1, -0.05) is 17.2 Å². The van der Waals surface area contributed by atoms with Crippen molar-refractivity contribution in [2.75, 3.05) is 0 Å². The van der Waals surface area contributed by atoms with E-state index in [4.69, 9.17) is 4.74 Å². The lowest BCUT2D eigenvalue weighted by atomic mass is 10.1. The van der Waals surface area contributed by atoms with Crippen LogP contribution in [0, 0.1) is 0 Å². The zero-order chi connectivity index (χ0) is 15.0. The SMILES string of the molecule is CC(C)=CCC/C(C)=C/C(O)OC(=O)c1cnccn1. The molecule has 20 heavy (non-hydrogen) atoms. The molecule has 0 saturated carbocycles. The molecular formula is C15H20N2O3. The Balaban J connectivity index is 2.48. The maximum absolute atomic E-state index is 11.6. The first-order chi connectivity index (χ1) is 9.49. The monoisotopic (exact) mass is 276 g/mol. The second-order valence-corrected chi connectivity index (χ2v) is 4.72. The van der Waals surface area contributed by atoms with Crippen LogP contribution in [-0.2, 0) is 4.74 Å². The minimum Gasteiger partial charge on any atom is -0.427 e. The molecule has 0 aliphatic rings. The normalized spacial score (nSPS) is 12.7. The quantitative estimate of drug-likeness (QED) is 0.491. The van der Waals surface area contributed by atoms with E-state index in [1.807, 2.05) is 20.8 Å². The Morgan fingerprint density at radius 2 is 2.15 bits per heavy atom. The van der Waals surface area contributed by atoms with Crippen LogP contribution in [-0.4, -0.2) is 27.3 Å². The third kappa shape index (κ3) is 6.24. The smallest absolute Gasteiger partial charge is 0.361 e. The number of nitrogens with zero attached hydrogens (tertiary/aromatic N) is 2. The molecule has 1 unspecified atom stereocenters. The Hall–Kier alpha value is -2.01. The predicted octanol–water partition coefficient (Wildman–Crippen LogP) is 2.64. The predicted molar refractivity (Wildman–Crippen MR) is 75.9 cm³/mol. The van der Waals surface area contributed by atoms with E-state index < -0.39 is 12.3 Å². The summed E-state index contributed by atoms with van der Waals surface area (Å²) in [5, 5.41) is 9.68. The van der Waals surface area contributed by atoms with Gasteiger partial charge in [0.05, 0.1) is 6.20 Å². The van der Waals surface area contributed by atoms with Crippen molar-refractivity contribution in [1.82, 2.24) is 9.97 Å². The largest absolute Gasteiger partial charge is 0.427 e. The molecule has 1 rings (SSSR count). The highest BCUT2D eigenvalue weighted by molar-refractivity contribution is 5.86. The third-order valence-electron chi connectivity index (χ3n) is 2.52. The van der Waals surface area contributed by atoms with Gasteiger partial charge in [-0.2, -0.15) is 0 Å². The van der Waals surface area contributed by atoms with Gasteiger partial charge < -0.3 is 9.84 Å². The van der Waals surface area contributed by atoms with Gasteiger partial charge >= 0.3 is 5.97 Å². The molecule has 1 N–H and O–H groups in total. The second-order valence-electron chi connectivity index (χ2n) is 4.72. The Bertz CT molecular complexity index is 491. The molecule has 1 heterocycles. The molecule has 0 aliphatic heterocycles. The molecule has 0 radical (unpaired) electrons. The maximum Gasteiger partial charge on any atom is 0.361 e. The summed E-state index contributed by atoms with van der Waals surface area (Å²) in [6.45, 7) is 5.96. The number of ether oxygens (including phenoxy) is 1. The van der Waals surface area contributed by atoms with Gasteiger partial charge in [-0.15, -0.1) is 0 Å². The lowest BCUT2D eigenvalue weighted by molar-refractivity contribution is -0.0361. The first-order valence-electron chi connectivity index (χ1n) is 6.44. The summed E-state index contributed by atoms with van der Waals surface area (Å²) in [5.41, 5.74) is 2.29. The highest BCUT2D eigenvalue weighted by Gasteiger charge is 2.12. The molecule has 0 spiro atoms. The van der Waals surface area contributed by atoms with Gasteiger partial charge in [0.15, 0.2) is 5.69 Å². The summed E-state index contributed by atoms with van der Waals surface area (Å²) in [6.07, 6.45) is 8.23. The summed E-state index contributed by atoms with van der Waals surface area (Å²) >= 11 is 0. The fourth-order valence-corrected chi connectivity index (χ4v) is 1.52. The zero-order valence-electron chi connectivity index (χ0n) is 12.0. The van der Waals surface area contributed by atoms with Crippen molar-refractivity contribution in [2.24, 2.45) is 0 Å². The van der Waals surface area contributed by atoms with E-state index in [2.05, 4.69) is 16.0 Å². The number of aliphatic hydroxyl groups is 1. The molecule has 0 saturated heterocycles. The Morgan fingerprint density at radius 1 is 1.40 bits per heavy atom. The van der Waals surface area contributed by atoms with Crippen LogP contribution in [0.3, 0.4) is 0 Å². The molecule has 1 aromatic heterocycles. The minimum atomic E-state index is -1.27. The zero-order valence-corrected chi connectivity index (χ0v) is 12.0. The van der Waals surface area contributed by atoms with Crippen molar-refractivity contribution in [3.8, 4) is 0 Å². The number of hydrogen-bond acceptors (Lipinski definition) is 5. The summed E-state index contributed by atoms with van der Waals surface area (Å²) < 4.78 is 4.86. The molecule has 0 aromatic carbocycles. The molecule has 108 valence electrons. The van der Waals surface area contributed by atoms with E-state index in [9.17, 15) is 9.90 Å². The van der Waals surface area contributed by atoms with Gasteiger partial charge in [-0.25, -0.2) is 9.78 Å². The van der Waals surface area contributed by atoms with Crippen LogP contribution in [0.15, 0.2) is 41.9 Å². The van der Waals surface area contributed by atoms with Crippen LogP contribution in [0.4, 0.5) is 0 Å². The molecule has 0 bridgehead atoms. The topological polar surface area (TPSA) is 72.3 Å². The Labute approximate surface area is 119 Å². The van der Waals surface area contributed by atoms with Crippen LogP contribution >= 0.6 is 0 Å². The van der Waals surface area contributed by atoms with Crippen LogP contribution < -0.4 is 0 Å². The summed E-state index contributed by atoms with van der Waals surface area (Å²) in [5.74, 6) is -0.695. The number of allylic oxidation sites excluding steroid dienone is 3. The van der Waals surface area contributed by atoms with E-state index in [0.29, 0.717) is 0 Å². The summed E-state index contributed by atoms with van der Waals surface area (Å²) in [6, 6.07) is 0. The second kappa shape index (κ2) is 8.22. The highest BCUT2D eigenvalue weighted by Crippen LogP contribution is 2.09. The van der Waals surface area contributed by atoms with E-state index in [1.54, 1.807) is 0 Å². The van der Waals surface area contributed by atoms with Crippen molar-refractivity contribution in [3.63, 3.8) is 0 Å². The molecule has 0 fully saturated rings. The molecule has 5 nitrogen and oxygen atoms in total. The van der Waals surface area contributed by atoms with E-state index in [-0.39, 0.29) is 5.69 Å². The van der Waals surface area contributed by atoms with Crippen molar-refractivity contribution >= 4 is 5.97 Å². The molecule has 0 aliphatic carbocycles. The van der Waals surface area contributed by atoms with Crippen LogP contribution in [0.2, 0.25) is 0 Å². The van der Waals surface area contributed by atoms with Gasteiger partial charge in [0.1, 0.15) is 0 Å². The standard InChI is InChI=1S/C15H20N2O3/c1-11(2)5-4-6-12(3)9-14(18)20-15(19)13-10-16-7-8-17-13/h5,7-10,14,18H,4,6H2,1-3H3/b12-9+. The molecule has 1 aromatic rings. The van der Waals surface area contributed by atoms with E-state index >= 15 is 0 Å². The van der Waals surface area contributed by atoms with Crippen molar-refractivity contribution < 1.29 is 14.6 Å². The maximum atomic E-state index is 11.6. The number of esters is 1. The fraction of sp³-hybridized carbons (Fsp3) is 0.400. The molecule has 1 atom stereocenters. The number of rotatable bonds is 6. The van der Waals surface area contributed by atoms with Gasteiger partial charge in [0, 0.05) is 12.4 Å². The summed E-state index contributed by atoms with van der Waals surface area (Å²) in [4.78, 5) is 19.2. The van der Waals surface area contributed by atoms with Gasteiger partial charge in [-0.3, -0.25) is 4.98 Å². The van der Waals surface area contributed by atoms with Gasteiger partial charge in [-0.05, 0) is 39.7 Å². The van der Waals surface area contributed by atoms with E-state index in [0.717, 1.165) is 18.4 Å². The first-order valence-corrected chi connectivity index (χ1v) is 6.44. The van der Waals surface area contributed by atoms with E-state index in [1.165, 1.54) is 30.2 Å². The number of hydrogen-bond donors (Lipinski definition) is 1. The van der Waals surface area contributed by atoms with Gasteiger partial charge in [0.25, 0.3) is 0 Å². The van der Waals surface area contributed by atoms with Gasteiger partial charge in [0.2, 0.25) is 6.29 Å². The van der Waals surface area contributed by atoms with Crippen LogP contribution in [0.5, 0.6) is 0 Å². The van der Waals surface area contributed by atoms with Crippen molar-refractivity contribution in [3.05, 3.63) is 47.6 Å².